The number of hydrogen-bond donors (Lipinski definition) is 1. The fourth-order valence-corrected chi connectivity index (χ4v) is 3.31. The first-order chi connectivity index (χ1) is 10.2. The van der Waals surface area contributed by atoms with Gasteiger partial charge in [-0.2, -0.15) is 5.10 Å². The van der Waals surface area contributed by atoms with Crippen LogP contribution >= 0.6 is 0 Å². The Bertz CT molecular complexity index is 493. The van der Waals surface area contributed by atoms with Crippen molar-refractivity contribution in [1.82, 2.24) is 15.1 Å². The molecule has 5 heteroatoms. The SMILES string of the molecule is CCn1cc(CCNC(=O)C2CCCC3(CCC3)O2)cn1. The van der Waals surface area contributed by atoms with Crippen LogP contribution in [0.3, 0.4) is 0 Å². The number of nitrogens with one attached hydrogen (secondary N) is 1. The highest BCUT2D eigenvalue weighted by Gasteiger charge is 2.43. The predicted octanol–water partition coefficient (Wildman–Crippen LogP) is 2.05. The molecule has 1 aliphatic carbocycles. The van der Waals surface area contributed by atoms with Crippen molar-refractivity contribution in [3.05, 3.63) is 18.0 Å². The molecule has 1 spiro atoms. The molecule has 1 aromatic rings. The highest BCUT2D eigenvalue weighted by Crippen LogP contribution is 2.44. The molecule has 1 N–H and O–H groups in total. The maximum atomic E-state index is 12.2. The van der Waals surface area contributed by atoms with Crippen LogP contribution in [0.5, 0.6) is 0 Å². The van der Waals surface area contributed by atoms with Gasteiger partial charge in [0.2, 0.25) is 5.91 Å². The van der Waals surface area contributed by atoms with E-state index in [-0.39, 0.29) is 17.6 Å². The van der Waals surface area contributed by atoms with Crippen LogP contribution in [-0.4, -0.2) is 33.9 Å². The quantitative estimate of drug-likeness (QED) is 0.903. The van der Waals surface area contributed by atoms with E-state index in [0.717, 1.165) is 50.6 Å². The van der Waals surface area contributed by atoms with Gasteiger partial charge in [-0.3, -0.25) is 9.48 Å². The number of carbonyl (C=O) groups is 1. The third-order valence-electron chi connectivity index (χ3n) is 4.77. The average molecular weight is 291 g/mol. The first-order valence-electron chi connectivity index (χ1n) is 8.18. The molecule has 1 saturated carbocycles. The van der Waals surface area contributed by atoms with Gasteiger partial charge in [0.15, 0.2) is 0 Å². The second-order valence-corrected chi connectivity index (χ2v) is 6.28. The van der Waals surface area contributed by atoms with Crippen molar-refractivity contribution >= 4 is 5.91 Å². The summed E-state index contributed by atoms with van der Waals surface area (Å²) in [6.45, 7) is 3.60. The molecule has 1 saturated heterocycles. The molecule has 0 aromatic carbocycles. The Hall–Kier alpha value is -1.36. The van der Waals surface area contributed by atoms with Crippen molar-refractivity contribution in [2.75, 3.05) is 6.54 Å². The third-order valence-corrected chi connectivity index (χ3v) is 4.77. The standard InChI is InChI=1S/C16H25N3O2/c1-2-19-12-13(11-18-19)6-10-17-15(20)14-5-3-7-16(21-14)8-4-9-16/h11-12,14H,2-10H2,1H3,(H,17,20). The van der Waals surface area contributed by atoms with E-state index in [0.29, 0.717) is 6.54 Å². The van der Waals surface area contributed by atoms with Crippen LogP contribution in [0.4, 0.5) is 0 Å². The number of rotatable bonds is 5. The second kappa shape index (κ2) is 6.18. The Morgan fingerprint density at radius 2 is 2.29 bits per heavy atom. The molecule has 5 nitrogen and oxygen atoms in total. The van der Waals surface area contributed by atoms with Crippen LogP contribution in [-0.2, 0) is 22.5 Å². The number of aromatic nitrogens is 2. The molecular formula is C16H25N3O2. The summed E-state index contributed by atoms with van der Waals surface area (Å²) >= 11 is 0. The van der Waals surface area contributed by atoms with Crippen LogP contribution < -0.4 is 5.32 Å². The van der Waals surface area contributed by atoms with Gasteiger partial charge in [0.1, 0.15) is 6.10 Å². The normalized spacial score (nSPS) is 23.8. The minimum atomic E-state index is -0.239. The Labute approximate surface area is 126 Å². The summed E-state index contributed by atoms with van der Waals surface area (Å²) in [6, 6.07) is 0. The molecule has 2 heterocycles. The van der Waals surface area contributed by atoms with E-state index >= 15 is 0 Å². The Balaban J connectivity index is 1.43. The topological polar surface area (TPSA) is 56.2 Å². The summed E-state index contributed by atoms with van der Waals surface area (Å²) < 4.78 is 7.97. The fraction of sp³-hybridized carbons (Fsp3) is 0.750. The highest BCUT2D eigenvalue weighted by molar-refractivity contribution is 5.80. The maximum absolute atomic E-state index is 12.2. The molecule has 0 radical (unpaired) electrons. The van der Waals surface area contributed by atoms with Gasteiger partial charge in [0, 0.05) is 19.3 Å². The number of hydrogen-bond acceptors (Lipinski definition) is 3. The largest absolute Gasteiger partial charge is 0.362 e. The summed E-state index contributed by atoms with van der Waals surface area (Å²) in [5, 5.41) is 7.25. The van der Waals surface area contributed by atoms with Crippen molar-refractivity contribution in [2.24, 2.45) is 0 Å². The Morgan fingerprint density at radius 1 is 1.48 bits per heavy atom. The maximum Gasteiger partial charge on any atom is 0.249 e. The van der Waals surface area contributed by atoms with E-state index in [2.05, 4.69) is 17.3 Å². The Kier molecular flexibility index (Phi) is 4.29. The summed E-state index contributed by atoms with van der Waals surface area (Å²) in [6.07, 6.45) is 11.1. The van der Waals surface area contributed by atoms with Gasteiger partial charge in [-0.05, 0) is 57.4 Å². The average Bonchev–Trinajstić information content (AvgIpc) is 2.93. The van der Waals surface area contributed by atoms with Crippen LogP contribution in [0.25, 0.3) is 0 Å². The van der Waals surface area contributed by atoms with Crippen LogP contribution in [0.2, 0.25) is 0 Å². The minimum absolute atomic E-state index is 0.0442. The van der Waals surface area contributed by atoms with Crippen LogP contribution in [0.1, 0.15) is 51.0 Å². The van der Waals surface area contributed by atoms with Crippen LogP contribution in [0, 0.1) is 0 Å². The van der Waals surface area contributed by atoms with E-state index in [9.17, 15) is 4.79 Å². The molecule has 116 valence electrons. The smallest absolute Gasteiger partial charge is 0.249 e. The summed E-state index contributed by atoms with van der Waals surface area (Å²) in [5.41, 5.74) is 1.21. The lowest BCUT2D eigenvalue weighted by Gasteiger charge is -2.47. The van der Waals surface area contributed by atoms with Crippen molar-refractivity contribution in [2.45, 2.75) is 70.1 Å². The van der Waals surface area contributed by atoms with Crippen molar-refractivity contribution in [3.8, 4) is 0 Å². The van der Waals surface area contributed by atoms with Crippen molar-refractivity contribution in [1.29, 1.82) is 0 Å². The lowest BCUT2D eigenvalue weighted by molar-refractivity contribution is -0.180. The molecule has 1 aliphatic heterocycles. The number of nitrogens with zero attached hydrogens (tertiary/aromatic N) is 2. The minimum Gasteiger partial charge on any atom is -0.362 e. The van der Waals surface area contributed by atoms with Crippen molar-refractivity contribution < 1.29 is 9.53 Å². The lowest BCUT2D eigenvalue weighted by Crippen LogP contribution is -2.51. The van der Waals surface area contributed by atoms with Gasteiger partial charge in [-0.1, -0.05) is 0 Å². The van der Waals surface area contributed by atoms with Crippen molar-refractivity contribution in [3.63, 3.8) is 0 Å². The zero-order valence-electron chi connectivity index (χ0n) is 12.8. The van der Waals surface area contributed by atoms with Gasteiger partial charge >= 0.3 is 0 Å². The van der Waals surface area contributed by atoms with E-state index in [4.69, 9.17) is 4.74 Å². The Morgan fingerprint density at radius 3 is 2.95 bits per heavy atom. The fourth-order valence-electron chi connectivity index (χ4n) is 3.31. The number of carbonyl (C=O) groups excluding carboxylic acids is 1. The molecule has 3 rings (SSSR count). The highest BCUT2D eigenvalue weighted by atomic mass is 16.5. The second-order valence-electron chi connectivity index (χ2n) is 6.28. The molecule has 21 heavy (non-hydrogen) atoms. The van der Waals surface area contributed by atoms with Crippen LogP contribution in [0.15, 0.2) is 12.4 Å². The molecule has 1 atom stereocenters. The molecule has 1 unspecified atom stereocenters. The van der Waals surface area contributed by atoms with E-state index in [1.165, 1.54) is 6.42 Å². The summed E-state index contributed by atoms with van der Waals surface area (Å²) in [4.78, 5) is 12.2. The number of amides is 1. The number of ether oxygens (including phenoxy) is 1. The molecule has 2 fully saturated rings. The molecular weight excluding hydrogens is 266 g/mol. The lowest BCUT2D eigenvalue weighted by atomic mass is 9.74. The van der Waals surface area contributed by atoms with Gasteiger partial charge in [0.25, 0.3) is 0 Å². The predicted molar refractivity (Wildman–Crippen MR) is 79.9 cm³/mol. The molecule has 1 amide bonds. The monoisotopic (exact) mass is 291 g/mol. The summed E-state index contributed by atoms with van der Waals surface area (Å²) in [5.74, 6) is 0.0591. The summed E-state index contributed by atoms with van der Waals surface area (Å²) in [7, 11) is 0. The zero-order chi connectivity index (χ0) is 14.7. The van der Waals surface area contributed by atoms with E-state index in [1.807, 2.05) is 17.1 Å². The zero-order valence-corrected chi connectivity index (χ0v) is 12.8. The van der Waals surface area contributed by atoms with Gasteiger partial charge in [-0.25, -0.2) is 0 Å². The molecule has 2 aliphatic rings. The van der Waals surface area contributed by atoms with Gasteiger partial charge in [-0.15, -0.1) is 0 Å². The first-order valence-corrected chi connectivity index (χ1v) is 8.18. The van der Waals surface area contributed by atoms with E-state index in [1.54, 1.807) is 0 Å². The first kappa shape index (κ1) is 14.6. The third kappa shape index (κ3) is 3.28. The number of aryl methyl sites for hydroxylation is 1. The van der Waals surface area contributed by atoms with Gasteiger partial charge in [0.05, 0.1) is 11.8 Å². The molecule has 1 aromatic heterocycles. The molecule has 0 bridgehead atoms. The van der Waals surface area contributed by atoms with Gasteiger partial charge < -0.3 is 10.1 Å². The van der Waals surface area contributed by atoms with E-state index < -0.39 is 0 Å².